The molecule has 2 rings (SSSR count). The molecule has 112 valence electrons. The molecule has 0 aromatic carbocycles. The van der Waals surface area contributed by atoms with Crippen molar-refractivity contribution in [3.8, 4) is 0 Å². The molecule has 1 aromatic rings. The average Bonchev–Trinajstić information content (AvgIpc) is 3.03. The van der Waals surface area contributed by atoms with Gasteiger partial charge in [0.2, 0.25) is 0 Å². The van der Waals surface area contributed by atoms with E-state index in [0.29, 0.717) is 30.9 Å². The highest BCUT2D eigenvalue weighted by Crippen LogP contribution is 2.22. The smallest absolute Gasteiger partial charge is 0.341 e. The van der Waals surface area contributed by atoms with Crippen LogP contribution in [-0.2, 0) is 23.1 Å². The fourth-order valence-electron chi connectivity index (χ4n) is 2.63. The number of carbonyl (C=O) groups excluding carboxylic acids is 1. The van der Waals surface area contributed by atoms with Gasteiger partial charge in [-0.1, -0.05) is 0 Å². The molecule has 6 heteroatoms. The Kier molecular flexibility index (Phi) is 5.14. The van der Waals surface area contributed by atoms with Crippen LogP contribution in [0.1, 0.15) is 42.2 Å². The molecule has 0 saturated heterocycles. The lowest BCUT2D eigenvalue weighted by atomic mass is 10.2. The van der Waals surface area contributed by atoms with E-state index in [2.05, 4.69) is 10.4 Å². The number of aryl methyl sites for hydroxylation is 1. The number of nitrogens with one attached hydrogen (secondary N) is 1. The maximum absolute atomic E-state index is 11.8. The Morgan fingerprint density at radius 2 is 2.35 bits per heavy atom. The summed E-state index contributed by atoms with van der Waals surface area (Å²) in [5.74, 6) is -0.307. The van der Waals surface area contributed by atoms with Gasteiger partial charge < -0.3 is 14.8 Å². The third-order valence-electron chi connectivity index (χ3n) is 3.83. The lowest BCUT2D eigenvalue weighted by molar-refractivity contribution is 0.0524. The molecule has 6 nitrogen and oxygen atoms in total. The van der Waals surface area contributed by atoms with Crippen LogP contribution in [0.4, 0.5) is 0 Å². The second-order valence-corrected chi connectivity index (χ2v) is 5.10. The molecule has 1 heterocycles. The Labute approximate surface area is 119 Å². The predicted octanol–water partition coefficient (Wildman–Crippen LogP) is 1.25. The molecule has 0 aliphatic heterocycles. The number of ether oxygens (including phenoxy) is 2. The molecule has 2 atom stereocenters. The van der Waals surface area contributed by atoms with Crippen LogP contribution in [0.25, 0.3) is 0 Å². The number of hydrogen-bond donors (Lipinski definition) is 1. The number of methoxy groups -OCH3 is 1. The van der Waals surface area contributed by atoms with Crippen molar-refractivity contribution in [1.29, 1.82) is 0 Å². The molecule has 0 spiro atoms. The lowest BCUT2D eigenvalue weighted by Gasteiger charge is -2.14. The number of hydrogen-bond acceptors (Lipinski definition) is 5. The van der Waals surface area contributed by atoms with Crippen LogP contribution in [0.5, 0.6) is 0 Å². The highest BCUT2D eigenvalue weighted by atomic mass is 16.5. The van der Waals surface area contributed by atoms with Crippen molar-refractivity contribution in [2.45, 2.75) is 44.9 Å². The van der Waals surface area contributed by atoms with Gasteiger partial charge in [0.05, 0.1) is 24.6 Å². The number of aromatic nitrogens is 2. The van der Waals surface area contributed by atoms with Crippen LogP contribution < -0.4 is 5.32 Å². The first-order valence-corrected chi connectivity index (χ1v) is 7.09. The van der Waals surface area contributed by atoms with Crippen LogP contribution in [0.2, 0.25) is 0 Å². The highest BCUT2D eigenvalue weighted by molar-refractivity contribution is 5.90. The van der Waals surface area contributed by atoms with Gasteiger partial charge in [0, 0.05) is 26.7 Å². The number of esters is 1. The van der Waals surface area contributed by atoms with Crippen molar-refractivity contribution < 1.29 is 14.3 Å². The van der Waals surface area contributed by atoms with E-state index < -0.39 is 0 Å². The summed E-state index contributed by atoms with van der Waals surface area (Å²) in [4.78, 5) is 11.8. The molecule has 0 radical (unpaired) electrons. The van der Waals surface area contributed by atoms with Crippen LogP contribution in [0, 0.1) is 0 Å². The fraction of sp³-hybridized carbons (Fsp3) is 0.714. The first kappa shape index (κ1) is 15.0. The van der Waals surface area contributed by atoms with Crippen molar-refractivity contribution in [2.75, 3.05) is 13.7 Å². The monoisotopic (exact) mass is 281 g/mol. The molecule has 1 aliphatic carbocycles. The van der Waals surface area contributed by atoms with Gasteiger partial charge in [0.15, 0.2) is 0 Å². The van der Waals surface area contributed by atoms with Crippen molar-refractivity contribution in [3.05, 3.63) is 17.5 Å². The van der Waals surface area contributed by atoms with Gasteiger partial charge >= 0.3 is 5.97 Å². The highest BCUT2D eigenvalue weighted by Gasteiger charge is 2.25. The maximum Gasteiger partial charge on any atom is 0.341 e. The molecular weight excluding hydrogens is 258 g/mol. The van der Waals surface area contributed by atoms with Gasteiger partial charge in [0.25, 0.3) is 0 Å². The minimum absolute atomic E-state index is 0.307. The van der Waals surface area contributed by atoms with E-state index in [0.717, 1.165) is 25.0 Å². The number of rotatable bonds is 6. The Hall–Kier alpha value is -1.40. The Morgan fingerprint density at radius 1 is 1.55 bits per heavy atom. The minimum Gasteiger partial charge on any atom is -0.462 e. The maximum atomic E-state index is 11.8. The van der Waals surface area contributed by atoms with Gasteiger partial charge in [-0.2, -0.15) is 5.10 Å². The summed E-state index contributed by atoms with van der Waals surface area (Å²) in [6, 6.07) is 0.435. The summed E-state index contributed by atoms with van der Waals surface area (Å²) >= 11 is 0. The lowest BCUT2D eigenvalue weighted by Crippen LogP contribution is -2.28. The molecule has 1 saturated carbocycles. The summed E-state index contributed by atoms with van der Waals surface area (Å²) in [7, 11) is 3.60. The fourth-order valence-corrected chi connectivity index (χ4v) is 2.63. The molecule has 1 fully saturated rings. The van der Waals surface area contributed by atoms with Gasteiger partial charge in [-0.05, 0) is 26.2 Å². The van der Waals surface area contributed by atoms with Crippen molar-refractivity contribution >= 4 is 5.97 Å². The van der Waals surface area contributed by atoms with Gasteiger partial charge in [-0.15, -0.1) is 0 Å². The Morgan fingerprint density at radius 3 is 3.00 bits per heavy atom. The Balaban J connectivity index is 1.95. The van der Waals surface area contributed by atoms with Crippen molar-refractivity contribution in [2.24, 2.45) is 7.05 Å². The average molecular weight is 281 g/mol. The van der Waals surface area contributed by atoms with Gasteiger partial charge in [-0.25, -0.2) is 4.79 Å². The van der Waals surface area contributed by atoms with Crippen LogP contribution in [-0.4, -0.2) is 41.6 Å². The quantitative estimate of drug-likeness (QED) is 0.795. The molecule has 20 heavy (non-hydrogen) atoms. The van der Waals surface area contributed by atoms with Gasteiger partial charge in [0.1, 0.15) is 5.56 Å². The second kappa shape index (κ2) is 6.85. The molecule has 0 amide bonds. The van der Waals surface area contributed by atoms with Crippen molar-refractivity contribution in [1.82, 2.24) is 15.1 Å². The first-order chi connectivity index (χ1) is 9.65. The van der Waals surface area contributed by atoms with Crippen molar-refractivity contribution in [3.63, 3.8) is 0 Å². The third kappa shape index (κ3) is 3.37. The van der Waals surface area contributed by atoms with E-state index >= 15 is 0 Å². The summed E-state index contributed by atoms with van der Waals surface area (Å²) in [6.45, 7) is 2.79. The molecule has 1 aromatic heterocycles. The third-order valence-corrected chi connectivity index (χ3v) is 3.83. The van der Waals surface area contributed by atoms with Crippen LogP contribution >= 0.6 is 0 Å². The minimum atomic E-state index is -0.307. The first-order valence-electron chi connectivity index (χ1n) is 7.09. The zero-order valence-electron chi connectivity index (χ0n) is 12.4. The normalized spacial score (nSPS) is 22.1. The number of nitrogens with zero attached hydrogens (tertiary/aromatic N) is 2. The number of carbonyl (C=O) groups is 1. The van der Waals surface area contributed by atoms with E-state index in [-0.39, 0.29) is 5.97 Å². The van der Waals surface area contributed by atoms with E-state index in [1.54, 1.807) is 24.9 Å². The van der Waals surface area contributed by atoms with Gasteiger partial charge in [-0.3, -0.25) is 4.68 Å². The van der Waals surface area contributed by atoms with Crippen LogP contribution in [0.3, 0.4) is 0 Å². The van der Waals surface area contributed by atoms with E-state index in [9.17, 15) is 4.79 Å². The summed E-state index contributed by atoms with van der Waals surface area (Å²) in [5.41, 5.74) is 1.41. The predicted molar refractivity (Wildman–Crippen MR) is 74.4 cm³/mol. The molecule has 1 aliphatic rings. The largest absolute Gasteiger partial charge is 0.462 e. The van der Waals surface area contributed by atoms with E-state index in [1.807, 2.05) is 7.05 Å². The molecular formula is C14H23N3O3. The molecule has 0 bridgehead atoms. The standard InChI is InChI=1S/C14H23N3O3/c1-4-20-14(18)12-8-16-17(2)13(12)9-15-10-5-6-11(7-10)19-3/h8,10-11,15H,4-7,9H2,1-3H3. The topological polar surface area (TPSA) is 65.4 Å². The summed E-state index contributed by atoms with van der Waals surface area (Å²) < 4.78 is 12.1. The SMILES string of the molecule is CCOC(=O)c1cnn(C)c1CNC1CCC(OC)C1. The van der Waals surface area contributed by atoms with E-state index in [1.165, 1.54) is 0 Å². The summed E-state index contributed by atoms with van der Waals surface area (Å²) in [5, 5.41) is 7.63. The summed E-state index contributed by atoms with van der Waals surface area (Å²) in [6.07, 6.45) is 5.13. The molecule has 1 N–H and O–H groups in total. The zero-order chi connectivity index (χ0) is 14.5. The zero-order valence-corrected chi connectivity index (χ0v) is 12.4. The Bertz CT molecular complexity index is 459. The second-order valence-electron chi connectivity index (χ2n) is 5.10. The van der Waals surface area contributed by atoms with Crippen LogP contribution in [0.15, 0.2) is 6.20 Å². The van der Waals surface area contributed by atoms with E-state index in [4.69, 9.17) is 9.47 Å². The molecule has 2 unspecified atom stereocenters.